The Kier molecular flexibility index (Phi) is 4.44. The second kappa shape index (κ2) is 5.87. The van der Waals surface area contributed by atoms with Crippen LogP contribution in [-0.2, 0) is 6.54 Å². The summed E-state index contributed by atoms with van der Waals surface area (Å²) in [4.78, 5) is 4.38. The van der Waals surface area contributed by atoms with Gasteiger partial charge in [0.25, 0.3) is 0 Å². The first-order valence-corrected chi connectivity index (χ1v) is 7.39. The van der Waals surface area contributed by atoms with E-state index in [1.165, 1.54) is 37.9 Å². The quantitative estimate of drug-likeness (QED) is 0.868. The second-order valence-corrected chi connectivity index (χ2v) is 6.05. The molecule has 1 unspecified atom stereocenters. The molecule has 18 heavy (non-hydrogen) atoms. The molecule has 102 valence electrons. The van der Waals surface area contributed by atoms with Crippen LogP contribution in [0.3, 0.4) is 0 Å². The molecule has 0 saturated carbocycles. The van der Waals surface area contributed by atoms with Gasteiger partial charge in [0, 0.05) is 30.9 Å². The van der Waals surface area contributed by atoms with E-state index in [2.05, 4.69) is 41.8 Å². The van der Waals surface area contributed by atoms with Crippen LogP contribution in [0.1, 0.15) is 58.1 Å². The number of hydrogen-bond acceptors (Lipinski definition) is 2. The van der Waals surface area contributed by atoms with Crippen LogP contribution in [0.5, 0.6) is 0 Å². The highest BCUT2D eigenvalue weighted by Gasteiger charge is 2.28. The topological polar surface area (TPSA) is 29.9 Å². The number of aromatic nitrogens is 2. The van der Waals surface area contributed by atoms with Gasteiger partial charge in [-0.15, -0.1) is 0 Å². The molecule has 3 nitrogen and oxygen atoms in total. The van der Waals surface area contributed by atoms with Crippen molar-refractivity contribution >= 4 is 0 Å². The van der Waals surface area contributed by atoms with Crippen LogP contribution >= 0.6 is 0 Å². The number of hydrogen-bond donors (Lipinski definition) is 1. The first-order chi connectivity index (χ1) is 8.68. The number of nitrogens with one attached hydrogen (secondary N) is 1. The van der Waals surface area contributed by atoms with E-state index < -0.39 is 0 Å². The maximum absolute atomic E-state index is 4.38. The van der Waals surface area contributed by atoms with Crippen molar-refractivity contribution in [2.75, 3.05) is 13.1 Å². The average Bonchev–Trinajstić information content (AvgIpc) is 2.79. The Morgan fingerprint density at radius 2 is 2.22 bits per heavy atom. The first kappa shape index (κ1) is 13.6. The van der Waals surface area contributed by atoms with Gasteiger partial charge in [-0.05, 0) is 37.6 Å². The third-order valence-electron chi connectivity index (χ3n) is 4.39. The smallest absolute Gasteiger partial charge is 0.0948 e. The highest BCUT2D eigenvalue weighted by Crippen LogP contribution is 2.30. The Bertz CT molecular complexity index is 360. The fourth-order valence-corrected chi connectivity index (χ4v) is 3.17. The Labute approximate surface area is 111 Å². The first-order valence-electron chi connectivity index (χ1n) is 7.39. The van der Waals surface area contributed by atoms with Crippen LogP contribution in [0.4, 0.5) is 0 Å². The summed E-state index contributed by atoms with van der Waals surface area (Å²) in [6.07, 6.45) is 9.12. The van der Waals surface area contributed by atoms with Crippen molar-refractivity contribution in [3.8, 4) is 0 Å². The normalized spacial score (nSPS) is 24.7. The monoisotopic (exact) mass is 249 g/mol. The summed E-state index contributed by atoms with van der Waals surface area (Å²) in [6.45, 7) is 10.4. The van der Waals surface area contributed by atoms with Gasteiger partial charge in [-0.1, -0.05) is 20.8 Å². The van der Waals surface area contributed by atoms with Crippen LogP contribution in [0, 0.1) is 5.41 Å². The number of rotatable bonds is 5. The van der Waals surface area contributed by atoms with E-state index >= 15 is 0 Å². The van der Waals surface area contributed by atoms with Crippen molar-refractivity contribution in [1.29, 1.82) is 0 Å². The van der Waals surface area contributed by atoms with E-state index in [0.717, 1.165) is 13.1 Å². The predicted molar refractivity (Wildman–Crippen MR) is 75.8 cm³/mol. The number of imidazole rings is 1. The third-order valence-corrected chi connectivity index (χ3v) is 4.39. The van der Waals surface area contributed by atoms with Crippen LogP contribution in [0.25, 0.3) is 0 Å². The molecule has 1 aliphatic heterocycles. The lowest BCUT2D eigenvalue weighted by molar-refractivity contribution is 0.198. The van der Waals surface area contributed by atoms with Gasteiger partial charge < -0.3 is 9.88 Å². The molecule has 1 N–H and O–H groups in total. The molecule has 1 aliphatic rings. The van der Waals surface area contributed by atoms with Crippen molar-refractivity contribution in [3.63, 3.8) is 0 Å². The zero-order valence-electron chi connectivity index (χ0n) is 12.1. The van der Waals surface area contributed by atoms with Gasteiger partial charge in [0.15, 0.2) is 0 Å². The Morgan fingerprint density at radius 1 is 1.44 bits per heavy atom. The van der Waals surface area contributed by atoms with E-state index in [9.17, 15) is 0 Å². The Balaban J connectivity index is 2.11. The van der Waals surface area contributed by atoms with Gasteiger partial charge in [0.1, 0.15) is 0 Å². The molecule has 0 radical (unpaired) electrons. The van der Waals surface area contributed by atoms with Gasteiger partial charge in [0.05, 0.1) is 6.33 Å². The zero-order chi connectivity index (χ0) is 13.0. The standard InChI is InChI=1S/C15H27N3/c1-4-13(5-2)14-9-17-12-18(14)11-15(3)7-6-8-16-10-15/h9,12-13,16H,4-8,10-11H2,1-3H3. The summed E-state index contributed by atoms with van der Waals surface area (Å²) in [5, 5.41) is 3.53. The SMILES string of the molecule is CCC(CC)c1cncn1CC1(C)CCCNC1. The summed E-state index contributed by atoms with van der Waals surface area (Å²) in [5.41, 5.74) is 1.81. The lowest BCUT2D eigenvalue weighted by atomic mass is 9.82. The van der Waals surface area contributed by atoms with E-state index in [-0.39, 0.29) is 0 Å². The van der Waals surface area contributed by atoms with E-state index in [1.807, 2.05) is 6.33 Å². The largest absolute Gasteiger partial charge is 0.334 e. The van der Waals surface area contributed by atoms with Crippen LogP contribution in [0.15, 0.2) is 12.5 Å². The molecular weight excluding hydrogens is 222 g/mol. The predicted octanol–water partition coefficient (Wildman–Crippen LogP) is 3.18. The van der Waals surface area contributed by atoms with Gasteiger partial charge >= 0.3 is 0 Å². The minimum atomic E-state index is 0.389. The molecule has 2 heterocycles. The Hall–Kier alpha value is -0.830. The van der Waals surface area contributed by atoms with Crippen molar-refractivity contribution in [1.82, 2.24) is 14.9 Å². The highest BCUT2D eigenvalue weighted by atomic mass is 15.1. The Morgan fingerprint density at radius 3 is 2.83 bits per heavy atom. The van der Waals surface area contributed by atoms with E-state index in [1.54, 1.807) is 0 Å². The van der Waals surface area contributed by atoms with Crippen LogP contribution in [0.2, 0.25) is 0 Å². The molecule has 0 aromatic carbocycles. The van der Waals surface area contributed by atoms with Gasteiger partial charge in [0.2, 0.25) is 0 Å². The summed E-state index contributed by atoms with van der Waals surface area (Å²) >= 11 is 0. The minimum Gasteiger partial charge on any atom is -0.334 e. The average molecular weight is 249 g/mol. The van der Waals surface area contributed by atoms with Crippen molar-refractivity contribution in [2.24, 2.45) is 5.41 Å². The van der Waals surface area contributed by atoms with Crippen molar-refractivity contribution in [3.05, 3.63) is 18.2 Å². The van der Waals surface area contributed by atoms with Gasteiger partial charge in [-0.2, -0.15) is 0 Å². The molecule has 0 bridgehead atoms. The lowest BCUT2D eigenvalue weighted by Crippen LogP contribution is -2.40. The second-order valence-electron chi connectivity index (χ2n) is 6.05. The lowest BCUT2D eigenvalue weighted by Gasteiger charge is -2.35. The maximum atomic E-state index is 4.38. The summed E-state index contributed by atoms with van der Waals surface area (Å²) in [5.74, 6) is 0.660. The summed E-state index contributed by atoms with van der Waals surface area (Å²) in [6, 6.07) is 0. The zero-order valence-corrected chi connectivity index (χ0v) is 12.1. The summed E-state index contributed by atoms with van der Waals surface area (Å²) in [7, 11) is 0. The molecule has 1 saturated heterocycles. The summed E-state index contributed by atoms with van der Waals surface area (Å²) < 4.78 is 2.39. The molecule has 1 aromatic heterocycles. The van der Waals surface area contributed by atoms with E-state index in [4.69, 9.17) is 0 Å². The highest BCUT2D eigenvalue weighted by molar-refractivity contribution is 5.06. The van der Waals surface area contributed by atoms with Crippen LogP contribution in [-0.4, -0.2) is 22.6 Å². The molecule has 1 atom stereocenters. The van der Waals surface area contributed by atoms with E-state index in [0.29, 0.717) is 11.3 Å². The fourth-order valence-electron chi connectivity index (χ4n) is 3.17. The molecule has 1 aromatic rings. The molecule has 3 heteroatoms. The van der Waals surface area contributed by atoms with Gasteiger partial charge in [-0.3, -0.25) is 0 Å². The fraction of sp³-hybridized carbons (Fsp3) is 0.800. The van der Waals surface area contributed by atoms with Crippen LogP contribution < -0.4 is 5.32 Å². The van der Waals surface area contributed by atoms with Crippen molar-refractivity contribution < 1.29 is 0 Å². The number of piperidine rings is 1. The van der Waals surface area contributed by atoms with Crippen molar-refractivity contribution in [2.45, 2.75) is 58.9 Å². The minimum absolute atomic E-state index is 0.389. The molecule has 0 spiro atoms. The molecule has 2 rings (SSSR count). The molecule has 1 fully saturated rings. The molecular formula is C15H27N3. The van der Waals surface area contributed by atoms with Gasteiger partial charge in [-0.25, -0.2) is 4.98 Å². The molecule has 0 aliphatic carbocycles. The maximum Gasteiger partial charge on any atom is 0.0948 e. The number of nitrogens with zero attached hydrogens (tertiary/aromatic N) is 2. The third kappa shape index (κ3) is 2.94. The molecule has 0 amide bonds.